The number of aromatic nitrogens is 2. The Kier molecular flexibility index (Phi) is 6.90. The average molecular weight is 411 g/mol. The standard InChI is InChI=1S/C22H23F2N5O/c1-3-11-29-14-17(15(2)28-29)13-25-22(26-20-9-7-18(23)8-10-20)27-21(30)16-5-4-6-19(24)12-16/h4-10,12,14H,3,11,13H2,1-2H3,(H2,25,26,27,30). The van der Waals surface area contributed by atoms with Crippen molar-refractivity contribution >= 4 is 17.6 Å². The summed E-state index contributed by atoms with van der Waals surface area (Å²) in [5.74, 6) is -1.23. The predicted molar refractivity (Wildman–Crippen MR) is 112 cm³/mol. The number of anilines is 1. The van der Waals surface area contributed by atoms with E-state index in [9.17, 15) is 13.6 Å². The number of carbonyl (C=O) groups is 1. The molecular weight excluding hydrogens is 388 g/mol. The van der Waals surface area contributed by atoms with Crippen molar-refractivity contribution in [1.82, 2.24) is 15.1 Å². The Balaban J connectivity index is 1.81. The van der Waals surface area contributed by atoms with Gasteiger partial charge in [-0.1, -0.05) is 13.0 Å². The van der Waals surface area contributed by atoms with Crippen molar-refractivity contribution in [3.05, 3.63) is 83.2 Å². The van der Waals surface area contributed by atoms with Gasteiger partial charge in [-0.15, -0.1) is 0 Å². The van der Waals surface area contributed by atoms with E-state index >= 15 is 0 Å². The van der Waals surface area contributed by atoms with Crippen LogP contribution in [0, 0.1) is 18.6 Å². The number of aliphatic imine (C=N–C) groups is 1. The van der Waals surface area contributed by atoms with E-state index in [2.05, 4.69) is 27.6 Å². The zero-order valence-electron chi connectivity index (χ0n) is 16.8. The summed E-state index contributed by atoms with van der Waals surface area (Å²) in [6.45, 7) is 5.06. The Morgan fingerprint density at radius 1 is 1.13 bits per heavy atom. The highest BCUT2D eigenvalue weighted by Crippen LogP contribution is 2.11. The van der Waals surface area contributed by atoms with Crippen LogP contribution in [0.4, 0.5) is 14.5 Å². The van der Waals surface area contributed by atoms with Crippen LogP contribution in [-0.2, 0) is 13.1 Å². The fourth-order valence-corrected chi connectivity index (χ4v) is 2.81. The van der Waals surface area contributed by atoms with Gasteiger partial charge in [0.05, 0.1) is 12.2 Å². The van der Waals surface area contributed by atoms with Crippen molar-refractivity contribution in [2.45, 2.75) is 33.4 Å². The molecule has 3 aromatic rings. The number of aryl methyl sites for hydroxylation is 2. The molecule has 2 aromatic carbocycles. The molecule has 0 saturated carbocycles. The molecular formula is C22H23F2N5O. The molecule has 0 fully saturated rings. The van der Waals surface area contributed by atoms with E-state index in [4.69, 9.17) is 0 Å². The summed E-state index contributed by atoms with van der Waals surface area (Å²) in [6, 6.07) is 11.0. The summed E-state index contributed by atoms with van der Waals surface area (Å²) >= 11 is 0. The van der Waals surface area contributed by atoms with Crippen LogP contribution in [0.5, 0.6) is 0 Å². The molecule has 1 aromatic heterocycles. The highest BCUT2D eigenvalue weighted by molar-refractivity contribution is 6.09. The maximum Gasteiger partial charge on any atom is 0.258 e. The molecule has 0 atom stereocenters. The van der Waals surface area contributed by atoms with E-state index in [1.165, 1.54) is 42.5 Å². The zero-order valence-corrected chi connectivity index (χ0v) is 16.8. The molecule has 3 rings (SSSR count). The molecule has 30 heavy (non-hydrogen) atoms. The first-order valence-corrected chi connectivity index (χ1v) is 9.61. The Labute approximate surface area is 173 Å². The Morgan fingerprint density at radius 2 is 1.90 bits per heavy atom. The van der Waals surface area contributed by atoms with Gasteiger partial charge in [-0.3, -0.25) is 14.8 Å². The molecule has 0 unspecified atom stereocenters. The maximum absolute atomic E-state index is 13.5. The van der Waals surface area contributed by atoms with Gasteiger partial charge in [0.25, 0.3) is 5.91 Å². The number of guanidine groups is 1. The first kappa shape index (κ1) is 21.2. The van der Waals surface area contributed by atoms with E-state index in [-0.39, 0.29) is 23.9 Å². The SMILES string of the molecule is CCCn1cc(CN=C(NC(=O)c2cccc(F)c2)Nc2ccc(F)cc2)c(C)n1. The van der Waals surface area contributed by atoms with Crippen molar-refractivity contribution in [2.75, 3.05) is 5.32 Å². The number of hydrogen-bond donors (Lipinski definition) is 2. The molecule has 0 aliphatic heterocycles. The van der Waals surface area contributed by atoms with E-state index in [1.54, 1.807) is 0 Å². The highest BCUT2D eigenvalue weighted by Gasteiger charge is 2.11. The first-order chi connectivity index (χ1) is 14.4. The molecule has 6 nitrogen and oxygen atoms in total. The fraction of sp³-hybridized carbons (Fsp3) is 0.227. The number of nitrogens with one attached hydrogen (secondary N) is 2. The molecule has 1 heterocycles. The van der Waals surface area contributed by atoms with Crippen LogP contribution >= 0.6 is 0 Å². The number of rotatable bonds is 6. The molecule has 2 N–H and O–H groups in total. The molecule has 156 valence electrons. The molecule has 0 spiro atoms. The summed E-state index contributed by atoms with van der Waals surface area (Å²) in [6.07, 6.45) is 2.89. The lowest BCUT2D eigenvalue weighted by atomic mass is 10.2. The quantitative estimate of drug-likeness (QED) is 0.470. The fourth-order valence-electron chi connectivity index (χ4n) is 2.81. The Bertz CT molecular complexity index is 1040. The number of amides is 1. The van der Waals surface area contributed by atoms with Gasteiger partial charge in [0, 0.05) is 29.6 Å². The lowest BCUT2D eigenvalue weighted by Crippen LogP contribution is -2.36. The topological polar surface area (TPSA) is 71.3 Å². The first-order valence-electron chi connectivity index (χ1n) is 9.61. The monoisotopic (exact) mass is 411 g/mol. The highest BCUT2D eigenvalue weighted by atomic mass is 19.1. The number of halogens is 2. The van der Waals surface area contributed by atoms with Gasteiger partial charge in [-0.05, 0) is 55.8 Å². The third kappa shape index (κ3) is 5.73. The smallest absolute Gasteiger partial charge is 0.258 e. The molecule has 0 aliphatic rings. The largest absolute Gasteiger partial charge is 0.326 e. The minimum absolute atomic E-state index is 0.163. The summed E-state index contributed by atoms with van der Waals surface area (Å²) in [5, 5.41) is 10.1. The van der Waals surface area contributed by atoms with Gasteiger partial charge < -0.3 is 5.32 Å². The summed E-state index contributed by atoms with van der Waals surface area (Å²) in [4.78, 5) is 17.0. The Hall–Kier alpha value is -3.55. The van der Waals surface area contributed by atoms with Crippen LogP contribution in [0.1, 0.15) is 35.0 Å². The lowest BCUT2D eigenvalue weighted by molar-refractivity contribution is 0.0976. The van der Waals surface area contributed by atoms with E-state index in [0.29, 0.717) is 5.69 Å². The molecule has 1 amide bonds. The molecule has 0 radical (unpaired) electrons. The van der Waals surface area contributed by atoms with Crippen LogP contribution < -0.4 is 10.6 Å². The predicted octanol–water partition coefficient (Wildman–Crippen LogP) is 4.28. The molecule has 0 saturated heterocycles. The maximum atomic E-state index is 13.5. The van der Waals surface area contributed by atoms with Crippen molar-refractivity contribution in [3.63, 3.8) is 0 Å². The van der Waals surface area contributed by atoms with E-state index in [0.717, 1.165) is 30.3 Å². The molecule has 0 aliphatic carbocycles. The van der Waals surface area contributed by atoms with Crippen molar-refractivity contribution in [1.29, 1.82) is 0 Å². The van der Waals surface area contributed by atoms with Gasteiger partial charge in [0.15, 0.2) is 0 Å². The second-order valence-corrected chi connectivity index (χ2v) is 6.76. The van der Waals surface area contributed by atoms with E-state index < -0.39 is 11.7 Å². The van der Waals surface area contributed by atoms with Gasteiger partial charge in [0.2, 0.25) is 5.96 Å². The van der Waals surface area contributed by atoms with Crippen LogP contribution in [0.3, 0.4) is 0 Å². The van der Waals surface area contributed by atoms with Crippen LogP contribution in [0.15, 0.2) is 59.7 Å². The normalized spacial score (nSPS) is 11.4. The minimum Gasteiger partial charge on any atom is -0.326 e. The number of nitrogens with zero attached hydrogens (tertiary/aromatic N) is 3. The number of carbonyl (C=O) groups excluding carboxylic acids is 1. The zero-order chi connectivity index (χ0) is 21.5. The van der Waals surface area contributed by atoms with Gasteiger partial charge >= 0.3 is 0 Å². The van der Waals surface area contributed by atoms with Gasteiger partial charge in [-0.2, -0.15) is 5.10 Å². The van der Waals surface area contributed by atoms with Gasteiger partial charge in [0.1, 0.15) is 11.6 Å². The third-order valence-electron chi connectivity index (χ3n) is 4.33. The second-order valence-electron chi connectivity index (χ2n) is 6.76. The minimum atomic E-state index is -0.513. The molecule has 8 heteroatoms. The van der Waals surface area contributed by atoms with Gasteiger partial charge in [-0.25, -0.2) is 13.8 Å². The van der Waals surface area contributed by atoms with Crippen molar-refractivity contribution in [2.24, 2.45) is 4.99 Å². The van der Waals surface area contributed by atoms with Crippen LogP contribution in [0.25, 0.3) is 0 Å². The second kappa shape index (κ2) is 9.78. The van der Waals surface area contributed by atoms with Crippen molar-refractivity contribution in [3.8, 4) is 0 Å². The molecule has 0 bridgehead atoms. The average Bonchev–Trinajstić information content (AvgIpc) is 3.07. The number of hydrogen-bond acceptors (Lipinski definition) is 3. The lowest BCUT2D eigenvalue weighted by Gasteiger charge is -2.12. The van der Waals surface area contributed by atoms with Crippen LogP contribution in [-0.4, -0.2) is 21.6 Å². The summed E-state index contributed by atoms with van der Waals surface area (Å²) < 4.78 is 28.5. The Morgan fingerprint density at radius 3 is 2.60 bits per heavy atom. The third-order valence-corrected chi connectivity index (χ3v) is 4.33. The van der Waals surface area contributed by atoms with Crippen LogP contribution in [0.2, 0.25) is 0 Å². The van der Waals surface area contributed by atoms with E-state index in [1.807, 2.05) is 17.8 Å². The summed E-state index contributed by atoms with van der Waals surface area (Å²) in [5.41, 5.74) is 2.48. The summed E-state index contributed by atoms with van der Waals surface area (Å²) in [7, 11) is 0. The van der Waals surface area contributed by atoms with Crippen molar-refractivity contribution < 1.29 is 13.6 Å². The number of benzene rings is 2.